The zero-order valence-corrected chi connectivity index (χ0v) is 22.8. The SMILES string of the molecule is CCN(CC)C1=CC[C@@]2(C)[C@@H](CC[C@@H]3[C@@H]2CC[C@]2(C)[C@@H]([C@H](C)CCCC(C)C)CC[C@@H]32)C1. The molecule has 4 aliphatic carbocycles. The molecule has 1 heteroatoms. The maximum Gasteiger partial charge on any atom is 0.0146 e. The van der Waals surface area contributed by atoms with Crippen molar-refractivity contribution < 1.29 is 0 Å². The van der Waals surface area contributed by atoms with E-state index in [4.69, 9.17) is 0 Å². The molecule has 0 aliphatic heterocycles. The van der Waals surface area contributed by atoms with Crippen LogP contribution in [0.5, 0.6) is 0 Å². The lowest BCUT2D eigenvalue weighted by Gasteiger charge is -2.60. The monoisotopic (exact) mass is 441 g/mol. The number of fused-ring (bicyclic) bond motifs is 5. The van der Waals surface area contributed by atoms with E-state index in [-0.39, 0.29) is 0 Å². The van der Waals surface area contributed by atoms with Gasteiger partial charge < -0.3 is 4.90 Å². The number of rotatable bonds is 8. The molecule has 0 radical (unpaired) electrons. The van der Waals surface area contributed by atoms with Crippen LogP contribution in [0.4, 0.5) is 0 Å². The summed E-state index contributed by atoms with van der Waals surface area (Å²) in [5.41, 5.74) is 2.88. The summed E-state index contributed by atoms with van der Waals surface area (Å²) in [6.07, 6.45) is 18.9. The molecule has 3 saturated carbocycles. The molecule has 0 spiro atoms. The van der Waals surface area contributed by atoms with Crippen molar-refractivity contribution in [1.82, 2.24) is 4.90 Å². The lowest BCUT2D eigenvalue weighted by Crippen LogP contribution is -2.53. The molecule has 1 nitrogen and oxygen atoms in total. The van der Waals surface area contributed by atoms with Gasteiger partial charge in [-0.3, -0.25) is 0 Å². The summed E-state index contributed by atoms with van der Waals surface area (Å²) in [7, 11) is 0. The first-order chi connectivity index (χ1) is 15.2. The Balaban J connectivity index is 1.47. The van der Waals surface area contributed by atoms with Gasteiger partial charge in [-0.1, -0.05) is 60.0 Å². The van der Waals surface area contributed by atoms with Gasteiger partial charge in [-0.15, -0.1) is 0 Å². The third kappa shape index (κ3) is 4.22. The van der Waals surface area contributed by atoms with E-state index in [0.717, 1.165) is 41.4 Å². The normalized spacial score (nSPS) is 42.1. The van der Waals surface area contributed by atoms with Crippen molar-refractivity contribution >= 4 is 0 Å². The molecule has 32 heavy (non-hydrogen) atoms. The largest absolute Gasteiger partial charge is 0.376 e. The summed E-state index contributed by atoms with van der Waals surface area (Å²) < 4.78 is 0. The second kappa shape index (κ2) is 9.65. The first kappa shape index (κ1) is 24.7. The Labute approximate surface area is 201 Å². The summed E-state index contributed by atoms with van der Waals surface area (Å²) in [6.45, 7) is 19.9. The standard InChI is InChI=1S/C31H55N/c1-8-32(9-2)25-17-19-30(6)24(21-25)13-14-26-28-16-15-27(23(5)12-10-11-22(3)4)31(28,7)20-18-29(26)30/h17,22-24,26-29H,8-16,18-21H2,1-7H3/t23-,24+,26+,27-,28+,29+,30+,31-/m1/s1. The molecular weight excluding hydrogens is 386 g/mol. The first-order valence-electron chi connectivity index (χ1n) is 14.7. The minimum atomic E-state index is 0.571. The molecule has 3 fully saturated rings. The highest BCUT2D eigenvalue weighted by molar-refractivity contribution is 5.17. The van der Waals surface area contributed by atoms with Crippen LogP contribution in [0.2, 0.25) is 0 Å². The molecule has 0 aromatic carbocycles. The zero-order valence-electron chi connectivity index (χ0n) is 22.8. The molecule has 0 saturated heterocycles. The molecule has 4 rings (SSSR count). The van der Waals surface area contributed by atoms with E-state index >= 15 is 0 Å². The molecule has 0 aromatic rings. The van der Waals surface area contributed by atoms with Gasteiger partial charge in [0.25, 0.3) is 0 Å². The van der Waals surface area contributed by atoms with Crippen molar-refractivity contribution in [2.75, 3.05) is 13.1 Å². The van der Waals surface area contributed by atoms with E-state index in [9.17, 15) is 0 Å². The number of allylic oxidation sites excluding steroid dienone is 2. The number of hydrogen-bond donors (Lipinski definition) is 0. The fraction of sp³-hybridized carbons (Fsp3) is 0.935. The molecule has 0 bridgehead atoms. The van der Waals surface area contributed by atoms with Gasteiger partial charge in [0.15, 0.2) is 0 Å². The van der Waals surface area contributed by atoms with Crippen LogP contribution in [0, 0.1) is 52.3 Å². The lowest BCUT2D eigenvalue weighted by molar-refractivity contribution is -0.103. The fourth-order valence-corrected chi connectivity index (χ4v) is 9.77. The smallest absolute Gasteiger partial charge is 0.0146 e. The van der Waals surface area contributed by atoms with Crippen molar-refractivity contribution in [3.63, 3.8) is 0 Å². The summed E-state index contributed by atoms with van der Waals surface area (Å²) >= 11 is 0. The average Bonchev–Trinajstić information content (AvgIpc) is 3.11. The Morgan fingerprint density at radius 2 is 1.62 bits per heavy atom. The van der Waals surface area contributed by atoms with Crippen LogP contribution in [0.25, 0.3) is 0 Å². The summed E-state index contributed by atoms with van der Waals surface area (Å²) in [4.78, 5) is 2.63. The third-order valence-corrected chi connectivity index (χ3v) is 11.7. The minimum absolute atomic E-state index is 0.571. The quantitative estimate of drug-likeness (QED) is 0.363. The van der Waals surface area contributed by atoms with Gasteiger partial charge >= 0.3 is 0 Å². The topological polar surface area (TPSA) is 3.24 Å². The summed E-state index contributed by atoms with van der Waals surface area (Å²) in [5.74, 6) is 6.75. The van der Waals surface area contributed by atoms with Crippen LogP contribution in [0.1, 0.15) is 119 Å². The second-order valence-corrected chi connectivity index (χ2v) is 13.5. The number of nitrogens with zero attached hydrogens (tertiary/aromatic N) is 1. The van der Waals surface area contributed by atoms with E-state index < -0.39 is 0 Å². The van der Waals surface area contributed by atoms with E-state index in [1.54, 1.807) is 5.70 Å². The third-order valence-electron chi connectivity index (χ3n) is 11.7. The minimum Gasteiger partial charge on any atom is -0.376 e. The van der Waals surface area contributed by atoms with Gasteiger partial charge in [0, 0.05) is 18.8 Å². The van der Waals surface area contributed by atoms with Crippen LogP contribution in [-0.4, -0.2) is 18.0 Å². The maximum absolute atomic E-state index is 2.75. The van der Waals surface area contributed by atoms with Gasteiger partial charge in [0.05, 0.1) is 0 Å². The fourth-order valence-electron chi connectivity index (χ4n) is 9.77. The van der Waals surface area contributed by atoms with Gasteiger partial charge in [0.1, 0.15) is 0 Å². The highest BCUT2D eigenvalue weighted by Crippen LogP contribution is 2.68. The molecule has 0 amide bonds. The molecule has 8 atom stereocenters. The van der Waals surface area contributed by atoms with E-state index in [1.165, 1.54) is 83.7 Å². The van der Waals surface area contributed by atoms with Crippen LogP contribution >= 0.6 is 0 Å². The summed E-state index contributed by atoms with van der Waals surface area (Å²) in [5, 5.41) is 0. The Kier molecular flexibility index (Phi) is 7.44. The van der Waals surface area contributed by atoms with Gasteiger partial charge in [-0.05, 0) is 117 Å². The highest BCUT2D eigenvalue weighted by atomic mass is 15.1. The van der Waals surface area contributed by atoms with E-state index in [2.05, 4.69) is 59.4 Å². The second-order valence-electron chi connectivity index (χ2n) is 13.5. The Morgan fingerprint density at radius 3 is 2.31 bits per heavy atom. The van der Waals surface area contributed by atoms with Crippen LogP contribution in [-0.2, 0) is 0 Å². The van der Waals surface area contributed by atoms with Crippen molar-refractivity contribution in [3.05, 3.63) is 11.8 Å². The first-order valence-corrected chi connectivity index (χ1v) is 14.7. The van der Waals surface area contributed by atoms with Crippen molar-refractivity contribution in [2.24, 2.45) is 52.3 Å². The molecule has 0 aromatic heterocycles. The van der Waals surface area contributed by atoms with Gasteiger partial charge in [-0.25, -0.2) is 0 Å². The van der Waals surface area contributed by atoms with Crippen LogP contribution in [0.3, 0.4) is 0 Å². The van der Waals surface area contributed by atoms with Crippen LogP contribution < -0.4 is 0 Å². The van der Waals surface area contributed by atoms with E-state index in [0.29, 0.717) is 10.8 Å². The van der Waals surface area contributed by atoms with Crippen LogP contribution in [0.15, 0.2) is 11.8 Å². The molecule has 0 heterocycles. The molecule has 0 N–H and O–H groups in total. The Morgan fingerprint density at radius 1 is 0.906 bits per heavy atom. The van der Waals surface area contributed by atoms with E-state index in [1.807, 2.05) is 0 Å². The predicted octanol–water partition coefficient (Wildman–Crippen LogP) is 8.94. The predicted molar refractivity (Wildman–Crippen MR) is 139 cm³/mol. The number of hydrogen-bond acceptors (Lipinski definition) is 1. The van der Waals surface area contributed by atoms with Gasteiger partial charge in [0.2, 0.25) is 0 Å². The molecule has 0 unspecified atom stereocenters. The van der Waals surface area contributed by atoms with Gasteiger partial charge in [-0.2, -0.15) is 0 Å². The van der Waals surface area contributed by atoms with Crippen molar-refractivity contribution in [1.29, 1.82) is 0 Å². The Hall–Kier alpha value is -0.460. The average molecular weight is 442 g/mol. The molecule has 184 valence electrons. The van der Waals surface area contributed by atoms with Crippen molar-refractivity contribution in [2.45, 2.75) is 119 Å². The molecular formula is C31H55N. The van der Waals surface area contributed by atoms with Crippen molar-refractivity contribution in [3.8, 4) is 0 Å². The highest BCUT2D eigenvalue weighted by Gasteiger charge is 2.60. The molecule has 4 aliphatic rings. The summed E-state index contributed by atoms with van der Waals surface area (Å²) in [6, 6.07) is 0. The lowest BCUT2D eigenvalue weighted by atomic mass is 9.45. The zero-order chi connectivity index (χ0) is 23.1. The Bertz CT molecular complexity index is 659. The maximum atomic E-state index is 2.75.